The molecule has 0 spiro atoms. The Balaban J connectivity index is 2.65. The van der Waals surface area contributed by atoms with Crippen molar-refractivity contribution in [2.75, 3.05) is 27.2 Å². The van der Waals surface area contributed by atoms with E-state index < -0.39 is 11.9 Å². The van der Waals surface area contributed by atoms with E-state index in [-0.39, 0.29) is 18.1 Å². The Kier molecular flexibility index (Phi) is 6.95. The summed E-state index contributed by atoms with van der Waals surface area (Å²) in [5.74, 6) is -1.25. The van der Waals surface area contributed by atoms with Crippen molar-refractivity contribution in [1.82, 2.24) is 15.1 Å². The molecule has 6 heteroatoms. The maximum atomic E-state index is 12.4. The van der Waals surface area contributed by atoms with Crippen molar-refractivity contribution < 1.29 is 14.7 Å². The van der Waals surface area contributed by atoms with Gasteiger partial charge < -0.3 is 20.2 Å². The fourth-order valence-corrected chi connectivity index (χ4v) is 3.12. The summed E-state index contributed by atoms with van der Waals surface area (Å²) in [5.41, 5.74) is 0. The number of likely N-dealkylation sites (N-methyl/N-ethyl adjacent to an activating group) is 2. The molecular formula is C15H29N3O3. The molecule has 122 valence electrons. The minimum absolute atomic E-state index is 0.0943. The summed E-state index contributed by atoms with van der Waals surface area (Å²) < 4.78 is 0. The van der Waals surface area contributed by atoms with Crippen LogP contribution < -0.4 is 5.32 Å². The lowest BCUT2D eigenvalue weighted by Gasteiger charge is -2.34. The Labute approximate surface area is 127 Å². The lowest BCUT2D eigenvalue weighted by atomic mass is 9.84. The Hall–Kier alpha value is -1.30. The minimum Gasteiger partial charge on any atom is -0.481 e. The van der Waals surface area contributed by atoms with Crippen LogP contribution in [0.25, 0.3) is 0 Å². The molecule has 3 unspecified atom stereocenters. The molecule has 21 heavy (non-hydrogen) atoms. The van der Waals surface area contributed by atoms with Gasteiger partial charge in [0.15, 0.2) is 0 Å². The van der Waals surface area contributed by atoms with E-state index in [0.29, 0.717) is 13.0 Å². The highest BCUT2D eigenvalue weighted by molar-refractivity contribution is 5.77. The molecule has 0 aromatic carbocycles. The van der Waals surface area contributed by atoms with E-state index in [2.05, 4.69) is 5.32 Å². The lowest BCUT2D eigenvalue weighted by molar-refractivity contribution is -0.143. The predicted octanol–water partition coefficient (Wildman–Crippen LogP) is 1.61. The van der Waals surface area contributed by atoms with Gasteiger partial charge in [0.25, 0.3) is 0 Å². The van der Waals surface area contributed by atoms with Crippen molar-refractivity contribution in [3.8, 4) is 0 Å². The number of nitrogens with one attached hydrogen (secondary N) is 1. The monoisotopic (exact) mass is 299 g/mol. The van der Waals surface area contributed by atoms with Crippen molar-refractivity contribution in [3.63, 3.8) is 0 Å². The molecule has 0 bridgehead atoms. The zero-order valence-electron chi connectivity index (χ0n) is 13.6. The molecule has 1 rings (SSSR count). The van der Waals surface area contributed by atoms with E-state index in [1.807, 2.05) is 32.8 Å². The molecule has 3 atom stereocenters. The molecule has 1 fully saturated rings. The van der Waals surface area contributed by atoms with Gasteiger partial charge in [-0.05, 0) is 40.8 Å². The van der Waals surface area contributed by atoms with Crippen molar-refractivity contribution in [2.45, 2.75) is 51.6 Å². The third kappa shape index (κ3) is 5.19. The molecule has 1 saturated carbocycles. The van der Waals surface area contributed by atoms with Crippen LogP contribution in [0.1, 0.15) is 39.5 Å². The SMILES string of the molecule is CCN(C(=O)NC1CCCCC1C(=O)O)C(C)CN(C)C. The fourth-order valence-electron chi connectivity index (χ4n) is 3.12. The second-order valence-corrected chi connectivity index (χ2v) is 6.18. The quantitative estimate of drug-likeness (QED) is 0.781. The maximum absolute atomic E-state index is 12.4. The third-order valence-electron chi connectivity index (χ3n) is 4.16. The van der Waals surface area contributed by atoms with Gasteiger partial charge in [0, 0.05) is 25.2 Å². The minimum atomic E-state index is -0.801. The second-order valence-electron chi connectivity index (χ2n) is 6.18. The predicted molar refractivity (Wildman–Crippen MR) is 82.3 cm³/mol. The average Bonchev–Trinajstić information content (AvgIpc) is 2.38. The van der Waals surface area contributed by atoms with E-state index in [4.69, 9.17) is 0 Å². The molecule has 0 heterocycles. The topological polar surface area (TPSA) is 72.9 Å². The zero-order chi connectivity index (χ0) is 16.0. The normalized spacial score (nSPS) is 23.7. The van der Waals surface area contributed by atoms with Crippen molar-refractivity contribution >= 4 is 12.0 Å². The zero-order valence-corrected chi connectivity index (χ0v) is 13.6. The third-order valence-corrected chi connectivity index (χ3v) is 4.16. The number of carbonyl (C=O) groups is 2. The number of nitrogens with zero attached hydrogens (tertiary/aromatic N) is 2. The molecule has 0 aromatic heterocycles. The summed E-state index contributed by atoms with van der Waals surface area (Å²) in [6.07, 6.45) is 3.31. The highest BCUT2D eigenvalue weighted by Gasteiger charge is 2.33. The number of urea groups is 1. The second kappa shape index (κ2) is 8.22. The summed E-state index contributed by atoms with van der Waals surface area (Å²) in [6, 6.07) is -0.300. The molecule has 0 radical (unpaired) electrons. The van der Waals surface area contributed by atoms with Gasteiger partial charge in [-0.1, -0.05) is 12.8 Å². The molecule has 2 amide bonds. The molecule has 0 aliphatic heterocycles. The first kappa shape index (κ1) is 17.8. The van der Waals surface area contributed by atoms with Gasteiger partial charge in [0.1, 0.15) is 0 Å². The van der Waals surface area contributed by atoms with Gasteiger partial charge in [-0.15, -0.1) is 0 Å². The number of amides is 2. The molecule has 1 aliphatic rings. The van der Waals surface area contributed by atoms with Crippen molar-refractivity contribution in [1.29, 1.82) is 0 Å². The largest absolute Gasteiger partial charge is 0.481 e. The van der Waals surface area contributed by atoms with Crippen LogP contribution in [0.5, 0.6) is 0 Å². The highest BCUT2D eigenvalue weighted by Crippen LogP contribution is 2.25. The summed E-state index contributed by atoms with van der Waals surface area (Å²) in [7, 11) is 3.95. The van der Waals surface area contributed by atoms with Crippen LogP contribution >= 0.6 is 0 Å². The molecule has 2 N–H and O–H groups in total. The Morgan fingerprint density at radius 1 is 1.29 bits per heavy atom. The van der Waals surface area contributed by atoms with Gasteiger partial charge >= 0.3 is 12.0 Å². The smallest absolute Gasteiger partial charge is 0.317 e. The number of hydrogen-bond donors (Lipinski definition) is 2. The first-order valence-electron chi connectivity index (χ1n) is 7.81. The Morgan fingerprint density at radius 3 is 2.43 bits per heavy atom. The molecule has 1 aliphatic carbocycles. The van der Waals surface area contributed by atoms with Crippen LogP contribution in [0.15, 0.2) is 0 Å². The molecule has 6 nitrogen and oxygen atoms in total. The first-order valence-corrected chi connectivity index (χ1v) is 7.81. The van der Waals surface area contributed by atoms with Crippen LogP contribution in [-0.2, 0) is 4.79 Å². The molecule has 0 saturated heterocycles. The van der Waals surface area contributed by atoms with Crippen LogP contribution in [-0.4, -0.2) is 66.2 Å². The number of carboxylic acid groups (broad SMARTS) is 1. The molecular weight excluding hydrogens is 270 g/mol. The number of carboxylic acids is 1. The lowest BCUT2D eigenvalue weighted by Crippen LogP contribution is -2.53. The van der Waals surface area contributed by atoms with Crippen molar-refractivity contribution in [2.24, 2.45) is 5.92 Å². The average molecular weight is 299 g/mol. The number of rotatable bonds is 6. The number of aliphatic carboxylic acids is 1. The van der Waals surface area contributed by atoms with Gasteiger partial charge in [-0.25, -0.2) is 4.79 Å². The Morgan fingerprint density at radius 2 is 1.90 bits per heavy atom. The van der Waals surface area contributed by atoms with Crippen LogP contribution in [0, 0.1) is 5.92 Å². The first-order chi connectivity index (χ1) is 9.86. The summed E-state index contributed by atoms with van der Waals surface area (Å²) in [6.45, 7) is 5.36. The summed E-state index contributed by atoms with van der Waals surface area (Å²) in [4.78, 5) is 27.5. The van der Waals surface area contributed by atoms with Gasteiger partial charge in [0.2, 0.25) is 0 Å². The van der Waals surface area contributed by atoms with Gasteiger partial charge in [0.05, 0.1) is 5.92 Å². The Bertz CT molecular complexity index is 360. The number of carbonyl (C=O) groups excluding carboxylic acids is 1. The van der Waals surface area contributed by atoms with Crippen LogP contribution in [0.2, 0.25) is 0 Å². The maximum Gasteiger partial charge on any atom is 0.317 e. The summed E-state index contributed by atoms with van der Waals surface area (Å²) in [5, 5.41) is 12.2. The number of hydrogen-bond acceptors (Lipinski definition) is 3. The highest BCUT2D eigenvalue weighted by atomic mass is 16.4. The standard InChI is InChI=1S/C15H29N3O3/c1-5-18(11(2)10-17(3)4)15(21)16-13-9-7-6-8-12(13)14(19)20/h11-13H,5-10H2,1-4H3,(H,16,21)(H,19,20). The van der Waals surface area contributed by atoms with Gasteiger partial charge in [-0.3, -0.25) is 4.79 Å². The van der Waals surface area contributed by atoms with Gasteiger partial charge in [-0.2, -0.15) is 0 Å². The molecule has 0 aromatic rings. The van der Waals surface area contributed by atoms with Crippen LogP contribution in [0.3, 0.4) is 0 Å². The van der Waals surface area contributed by atoms with E-state index in [1.54, 1.807) is 4.90 Å². The fraction of sp³-hybridized carbons (Fsp3) is 0.867. The summed E-state index contributed by atoms with van der Waals surface area (Å²) >= 11 is 0. The van der Waals surface area contributed by atoms with E-state index in [9.17, 15) is 14.7 Å². The van der Waals surface area contributed by atoms with E-state index in [0.717, 1.165) is 25.8 Å². The van der Waals surface area contributed by atoms with E-state index in [1.165, 1.54) is 0 Å². The van der Waals surface area contributed by atoms with E-state index >= 15 is 0 Å². The van der Waals surface area contributed by atoms with Crippen LogP contribution in [0.4, 0.5) is 4.79 Å². The van der Waals surface area contributed by atoms with Crippen molar-refractivity contribution in [3.05, 3.63) is 0 Å².